The topological polar surface area (TPSA) is 56.2 Å². The summed E-state index contributed by atoms with van der Waals surface area (Å²) in [6, 6.07) is 6.37. The smallest absolute Gasteiger partial charge is 0.170 e. The third-order valence-electron chi connectivity index (χ3n) is 3.05. The van der Waals surface area contributed by atoms with Crippen molar-refractivity contribution in [2.24, 2.45) is 0 Å². The van der Waals surface area contributed by atoms with Crippen LogP contribution in [0.5, 0.6) is 0 Å². The molecule has 2 aromatic heterocycles. The summed E-state index contributed by atoms with van der Waals surface area (Å²) in [6.45, 7) is 4.21. The van der Waals surface area contributed by atoms with Crippen molar-refractivity contribution in [3.8, 4) is 0 Å². The van der Waals surface area contributed by atoms with E-state index in [1.807, 2.05) is 10.6 Å². The van der Waals surface area contributed by atoms with Crippen LogP contribution in [0.1, 0.15) is 11.1 Å². The van der Waals surface area contributed by atoms with Gasteiger partial charge in [-0.05, 0) is 37.1 Å². The Morgan fingerprint density at radius 2 is 2.05 bits per heavy atom. The zero-order valence-electron chi connectivity index (χ0n) is 10.8. The molecule has 0 radical (unpaired) electrons. The summed E-state index contributed by atoms with van der Waals surface area (Å²) < 4.78 is 1.89. The molecule has 2 N–H and O–H groups in total. The first-order valence-corrected chi connectivity index (χ1v) is 6.79. The summed E-state index contributed by atoms with van der Waals surface area (Å²) in [5, 5.41) is 0.827. The van der Waals surface area contributed by atoms with Gasteiger partial charge in [-0.15, -0.1) is 0 Å². The Labute approximate surface area is 115 Å². The molecule has 0 saturated heterocycles. The SMILES string of the molecule is Cc1ccc(Sc2nc(N)cn3ccnc23)cc1C. The molecular weight excluding hydrogens is 256 g/mol. The van der Waals surface area contributed by atoms with Crippen LogP contribution >= 0.6 is 11.8 Å². The van der Waals surface area contributed by atoms with Gasteiger partial charge in [-0.2, -0.15) is 0 Å². The molecule has 0 atom stereocenters. The molecule has 0 amide bonds. The fourth-order valence-corrected chi connectivity index (χ4v) is 2.87. The number of aryl methyl sites for hydroxylation is 2. The van der Waals surface area contributed by atoms with Crippen LogP contribution in [0, 0.1) is 13.8 Å². The maximum absolute atomic E-state index is 5.82. The fraction of sp³-hybridized carbons (Fsp3) is 0.143. The summed E-state index contributed by atoms with van der Waals surface area (Å²) in [4.78, 5) is 9.84. The molecule has 0 aliphatic rings. The number of nitrogens with two attached hydrogens (primary N) is 1. The predicted molar refractivity (Wildman–Crippen MR) is 77.4 cm³/mol. The van der Waals surface area contributed by atoms with Gasteiger partial charge in [-0.1, -0.05) is 17.8 Å². The third kappa shape index (κ3) is 2.29. The van der Waals surface area contributed by atoms with E-state index >= 15 is 0 Å². The number of hydrogen-bond donors (Lipinski definition) is 1. The largest absolute Gasteiger partial charge is 0.382 e. The van der Waals surface area contributed by atoms with Gasteiger partial charge < -0.3 is 10.1 Å². The van der Waals surface area contributed by atoms with Crippen molar-refractivity contribution in [3.63, 3.8) is 0 Å². The number of aromatic nitrogens is 3. The Kier molecular flexibility index (Phi) is 2.91. The molecule has 2 heterocycles. The molecule has 5 heteroatoms. The maximum atomic E-state index is 5.82. The van der Waals surface area contributed by atoms with E-state index < -0.39 is 0 Å². The van der Waals surface area contributed by atoms with E-state index in [1.54, 1.807) is 24.2 Å². The number of anilines is 1. The van der Waals surface area contributed by atoms with Gasteiger partial charge in [0.15, 0.2) is 5.65 Å². The molecule has 0 bridgehead atoms. The molecule has 3 rings (SSSR count). The minimum atomic E-state index is 0.497. The van der Waals surface area contributed by atoms with Crippen LogP contribution in [0.4, 0.5) is 5.82 Å². The monoisotopic (exact) mass is 270 g/mol. The first kappa shape index (κ1) is 12.0. The first-order valence-electron chi connectivity index (χ1n) is 5.98. The van der Waals surface area contributed by atoms with Crippen molar-refractivity contribution >= 4 is 23.2 Å². The Morgan fingerprint density at radius 3 is 2.84 bits per heavy atom. The van der Waals surface area contributed by atoms with Gasteiger partial charge in [0.05, 0.1) is 6.20 Å². The van der Waals surface area contributed by atoms with Crippen LogP contribution in [0.25, 0.3) is 5.65 Å². The Hall–Kier alpha value is -2.01. The second-order valence-electron chi connectivity index (χ2n) is 4.48. The molecule has 19 heavy (non-hydrogen) atoms. The molecule has 1 aromatic carbocycles. The molecule has 0 saturated carbocycles. The second kappa shape index (κ2) is 4.59. The number of rotatable bonds is 2. The number of hydrogen-bond acceptors (Lipinski definition) is 4. The number of nitrogen functional groups attached to an aromatic ring is 1. The summed E-state index contributed by atoms with van der Waals surface area (Å²) in [5.74, 6) is 0.497. The number of benzene rings is 1. The zero-order chi connectivity index (χ0) is 13.4. The van der Waals surface area contributed by atoms with Crippen molar-refractivity contribution in [1.29, 1.82) is 0 Å². The van der Waals surface area contributed by atoms with Crippen LogP contribution in [-0.4, -0.2) is 14.4 Å². The normalized spacial score (nSPS) is 11.1. The molecule has 0 aliphatic heterocycles. The fourth-order valence-electron chi connectivity index (χ4n) is 1.88. The lowest BCUT2D eigenvalue weighted by Gasteiger charge is -2.06. The van der Waals surface area contributed by atoms with E-state index in [0.29, 0.717) is 5.82 Å². The molecule has 0 spiro atoms. The van der Waals surface area contributed by atoms with Gasteiger partial charge in [0.1, 0.15) is 10.8 Å². The first-order chi connectivity index (χ1) is 9.13. The molecule has 0 aliphatic carbocycles. The number of fused-ring (bicyclic) bond motifs is 1. The van der Waals surface area contributed by atoms with Crippen LogP contribution in [0.15, 0.2) is 46.7 Å². The number of imidazole rings is 1. The van der Waals surface area contributed by atoms with E-state index in [0.717, 1.165) is 15.6 Å². The molecule has 4 nitrogen and oxygen atoms in total. The maximum Gasteiger partial charge on any atom is 0.170 e. The summed E-state index contributed by atoms with van der Waals surface area (Å²) >= 11 is 1.58. The zero-order valence-corrected chi connectivity index (χ0v) is 11.6. The van der Waals surface area contributed by atoms with Gasteiger partial charge in [0.2, 0.25) is 0 Å². The molecular formula is C14H14N4S. The lowest BCUT2D eigenvalue weighted by atomic mass is 10.1. The van der Waals surface area contributed by atoms with Gasteiger partial charge in [0, 0.05) is 17.3 Å². The summed E-state index contributed by atoms with van der Waals surface area (Å²) in [7, 11) is 0. The predicted octanol–water partition coefficient (Wildman–Crippen LogP) is 3.08. The summed E-state index contributed by atoms with van der Waals surface area (Å²) in [5.41, 5.74) is 9.21. The lowest BCUT2D eigenvalue weighted by molar-refractivity contribution is 1.04. The van der Waals surface area contributed by atoms with Gasteiger partial charge in [-0.25, -0.2) is 9.97 Å². The summed E-state index contributed by atoms with van der Waals surface area (Å²) in [6.07, 6.45) is 5.39. The minimum Gasteiger partial charge on any atom is -0.382 e. The van der Waals surface area contributed by atoms with Crippen molar-refractivity contribution < 1.29 is 0 Å². The number of nitrogens with zero attached hydrogens (tertiary/aromatic N) is 3. The highest BCUT2D eigenvalue weighted by Crippen LogP contribution is 2.30. The lowest BCUT2D eigenvalue weighted by Crippen LogP contribution is -1.97. The highest BCUT2D eigenvalue weighted by molar-refractivity contribution is 7.99. The van der Waals surface area contributed by atoms with E-state index in [-0.39, 0.29) is 0 Å². The van der Waals surface area contributed by atoms with Gasteiger partial charge >= 0.3 is 0 Å². The van der Waals surface area contributed by atoms with Crippen molar-refractivity contribution in [1.82, 2.24) is 14.4 Å². The Balaban J connectivity index is 2.04. The van der Waals surface area contributed by atoms with E-state index in [2.05, 4.69) is 42.0 Å². The molecule has 3 aromatic rings. The minimum absolute atomic E-state index is 0.497. The average molecular weight is 270 g/mol. The molecule has 0 unspecified atom stereocenters. The van der Waals surface area contributed by atoms with Crippen LogP contribution in [0.3, 0.4) is 0 Å². The standard InChI is InChI=1S/C14H14N4S/c1-9-3-4-11(7-10(9)2)19-14-13-16-5-6-18(13)8-12(15)17-14/h3-8H,15H2,1-2H3. The van der Waals surface area contributed by atoms with Gasteiger partial charge in [0.25, 0.3) is 0 Å². The molecule has 0 fully saturated rings. The van der Waals surface area contributed by atoms with Crippen LogP contribution in [-0.2, 0) is 0 Å². The Bertz CT molecular complexity index is 748. The van der Waals surface area contributed by atoms with Crippen molar-refractivity contribution in [3.05, 3.63) is 47.9 Å². The third-order valence-corrected chi connectivity index (χ3v) is 4.01. The quantitative estimate of drug-likeness (QED) is 0.777. The van der Waals surface area contributed by atoms with Crippen molar-refractivity contribution in [2.45, 2.75) is 23.8 Å². The highest BCUT2D eigenvalue weighted by atomic mass is 32.2. The highest BCUT2D eigenvalue weighted by Gasteiger charge is 2.08. The van der Waals surface area contributed by atoms with Crippen LogP contribution in [0.2, 0.25) is 0 Å². The van der Waals surface area contributed by atoms with E-state index in [4.69, 9.17) is 5.73 Å². The Morgan fingerprint density at radius 1 is 1.21 bits per heavy atom. The average Bonchev–Trinajstić information content (AvgIpc) is 2.82. The van der Waals surface area contributed by atoms with Crippen molar-refractivity contribution in [2.75, 3.05) is 5.73 Å². The van der Waals surface area contributed by atoms with E-state index in [1.165, 1.54) is 11.1 Å². The van der Waals surface area contributed by atoms with Crippen LogP contribution < -0.4 is 5.73 Å². The van der Waals surface area contributed by atoms with Gasteiger partial charge in [-0.3, -0.25) is 0 Å². The molecule has 96 valence electrons. The second-order valence-corrected chi connectivity index (χ2v) is 5.54. The van der Waals surface area contributed by atoms with E-state index in [9.17, 15) is 0 Å².